The van der Waals surface area contributed by atoms with Crippen LogP contribution in [-0.4, -0.2) is 0 Å². The summed E-state index contributed by atoms with van der Waals surface area (Å²) in [6.07, 6.45) is 0. The second-order valence-corrected chi connectivity index (χ2v) is 7.06. The molecule has 0 spiro atoms. The standard InChI is InChI=1S/C15H11BrClIO/c16-12-3-4-14(18)13(6-12)15(17)9-1-2-10-7-19-8-11(10)5-9/h1-6,15H,7-8H2. The molecule has 0 aromatic heterocycles. The maximum atomic E-state index is 6.64. The molecule has 1 aliphatic rings. The van der Waals surface area contributed by atoms with Gasteiger partial charge in [-0.05, 0) is 63.0 Å². The third-order valence-corrected chi connectivity index (χ3v) is 5.23. The van der Waals surface area contributed by atoms with Crippen molar-refractivity contribution in [2.75, 3.05) is 0 Å². The van der Waals surface area contributed by atoms with Gasteiger partial charge in [-0.2, -0.15) is 0 Å². The lowest BCUT2D eigenvalue weighted by Crippen LogP contribution is -1.98. The Morgan fingerprint density at radius 2 is 1.89 bits per heavy atom. The van der Waals surface area contributed by atoms with E-state index in [9.17, 15) is 0 Å². The summed E-state index contributed by atoms with van der Waals surface area (Å²) in [7, 11) is 0. The number of hydrogen-bond acceptors (Lipinski definition) is 1. The van der Waals surface area contributed by atoms with Crippen LogP contribution < -0.4 is 0 Å². The molecule has 0 saturated heterocycles. The summed E-state index contributed by atoms with van der Waals surface area (Å²) in [5, 5.41) is -0.129. The molecule has 1 nitrogen and oxygen atoms in total. The second kappa shape index (κ2) is 5.72. The number of benzene rings is 2. The van der Waals surface area contributed by atoms with Crippen molar-refractivity contribution in [3.63, 3.8) is 0 Å². The minimum absolute atomic E-state index is 0.129. The number of rotatable bonds is 2. The van der Waals surface area contributed by atoms with Gasteiger partial charge < -0.3 is 4.74 Å². The predicted molar refractivity (Wildman–Crippen MR) is 89.5 cm³/mol. The van der Waals surface area contributed by atoms with Gasteiger partial charge in [-0.15, -0.1) is 11.6 Å². The van der Waals surface area contributed by atoms with Crippen molar-refractivity contribution in [2.45, 2.75) is 18.6 Å². The van der Waals surface area contributed by atoms with E-state index < -0.39 is 0 Å². The molecule has 0 N–H and O–H groups in total. The number of halogens is 3. The van der Waals surface area contributed by atoms with Crippen molar-refractivity contribution in [3.8, 4) is 0 Å². The van der Waals surface area contributed by atoms with E-state index in [1.54, 1.807) is 0 Å². The quantitative estimate of drug-likeness (QED) is 0.440. The highest BCUT2D eigenvalue weighted by Crippen LogP contribution is 2.35. The first-order valence-electron chi connectivity index (χ1n) is 5.93. The lowest BCUT2D eigenvalue weighted by Gasteiger charge is -2.14. The molecular weight excluding hydrogens is 438 g/mol. The average Bonchev–Trinajstić information content (AvgIpc) is 2.88. The second-order valence-electron chi connectivity index (χ2n) is 4.55. The summed E-state index contributed by atoms with van der Waals surface area (Å²) in [6.45, 7) is 1.42. The van der Waals surface area contributed by atoms with Crippen LogP contribution in [0.2, 0.25) is 0 Å². The Morgan fingerprint density at radius 3 is 2.74 bits per heavy atom. The van der Waals surface area contributed by atoms with Gasteiger partial charge in [-0.3, -0.25) is 0 Å². The zero-order valence-corrected chi connectivity index (χ0v) is 14.5. The zero-order chi connectivity index (χ0) is 13.4. The molecule has 0 radical (unpaired) electrons. The van der Waals surface area contributed by atoms with Gasteiger partial charge in [0.25, 0.3) is 0 Å². The van der Waals surface area contributed by atoms with Gasteiger partial charge in [0, 0.05) is 8.04 Å². The summed E-state index contributed by atoms with van der Waals surface area (Å²) in [5.74, 6) is 0. The topological polar surface area (TPSA) is 9.23 Å². The van der Waals surface area contributed by atoms with Gasteiger partial charge in [0.05, 0.1) is 18.6 Å². The Kier molecular flexibility index (Phi) is 4.17. The lowest BCUT2D eigenvalue weighted by molar-refractivity contribution is 0.134. The first kappa shape index (κ1) is 13.9. The van der Waals surface area contributed by atoms with Crippen LogP contribution in [0, 0.1) is 3.57 Å². The molecule has 2 aromatic rings. The number of alkyl halides is 1. The maximum Gasteiger partial charge on any atom is 0.0846 e. The molecule has 0 fully saturated rings. The highest BCUT2D eigenvalue weighted by Gasteiger charge is 2.18. The van der Waals surface area contributed by atoms with E-state index in [1.165, 1.54) is 14.7 Å². The van der Waals surface area contributed by atoms with Crippen molar-refractivity contribution >= 4 is 50.1 Å². The first-order valence-corrected chi connectivity index (χ1v) is 8.24. The highest BCUT2D eigenvalue weighted by molar-refractivity contribution is 14.1. The van der Waals surface area contributed by atoms with Gasteiger partial charge in [0.15, 0.2) is 0 Å². The molecule has 98 valence electrons. The first-order chi connectivity index (χ1) is 9.15. The molecule has 0 bridgehead atoms. The maximum absolute atomic E-state index is 6.64. The van der Waals surface area contributed by atoms with Gasteiger partial charge in [-0.25, -0.2) is 0 Å². The van der Waals surface area contributed by atoms with Crippen molar-refractivity contribution in [2.24, 2.45) is 0 Å². The van der Waals surface area contributed by atoms with Crippen LogP contribution in [0.25, 0.3) is 0 Å². The van der Waals surface area contributed by atoms with E-state index in [0.29, 0.717) is 6.61 Å². The molecule has 1 heterocycles. The fourth-order valence-corrected chi connectivity index (χ4v) is 3.76. The molecule has 0 saturated carbocycles. The van der Waals surface area contributed by atoms with E-state index in [0.717, 1.165) is 22.2 Å². The van der Waals surface area contributed by atoms with Crippen molar-refractivity contribution in [3.05, 3.63) is 66.7 Å². The minimum Gasteiger partial charge on any atom is -0.372 e. The summed E-state index contributed by atoms with van der Waals surface area (Å²) >= 11 is 12.5. The molecule has 19 heavy (non-hydrogen) atoms. The van der Waals surface area contributed by atoms with Crippen LogP contribution >= 0.6 is 50.1 Å². The van der Waals surface area contributed by atoms with Crippen LogP contribution in [0.4, 0.5) is 0 Å². The normalized spacial score (nSPS) is 15.3. The monoisotopic (exact) mass is 448 g/mol. The Hall–Kier alpha value is -0.100. The molecule has 4 heteroatoms. The van der Waals surface area contributed by atoms with E-state index in [-0.39, 0.29) is 5.38 Å². The smallest absolute Gasteiger partial charge is 0.0846 e. The Labute approximate surface area is 139 Å². The van der Waals surface area contributed by atoms with Crippen LogP contribution in [0.5, 0.6) is 0 Å². The van der Waals surface area contributed by atoms with Gasteiger partial charge in [0.1, 0.15) is 0 Å². The number of ether oxygens (including phenoxy) is 1. The summed E-state index contributed by atoms with van der Waals surface area (Å²) < 4.78 is 7.68. The molecular formula is C15H11BrClIO. The number of hydrogen-bond donors (Lipinski definition) is 0. The average molecular weight is 450 g/mol. The molecule has 3 rings (SSSR count). The Morgan fingerprint density at radius 1 is 1.11 bits per heavy atom. The fraction of sp³-hybridized carbons (Fsp3) is 0.200. The van der Waals surface area contributed by atoms with Crippen LogP contribution in [0.3, 0.4) is 0 Å². The molecule has 1 unspecified atom stereocenters. The SMILES string of the molecule is ClC(c1ccc2c(c1)COC2)c1cc(Br)ccc1I. The highest BCUT2D eigenvalue weighted by atomic mass is 127. The van der Waals surface area contributed by atoms with Crippen LogP contribution in [-0.2, 0) is 18.0 Å². The minimum atomic E-state index is -0.129. The molecule has 0 aliphatic carbocycles. The zero-order valence-electron chi connectivity index (χ0n) is 10.00. The predicted octanol–water partition coefficient (Wildman–Crippen LogP) is 5.41. The van der Waals surface area contributed by atoms with Crippen LogP contribution in [0.1, 0.15) is 27.6 Å². The Bertz CT molecular complexity index is 630. The Balaban J connectivity index is 1.99. The molecule has 0 amide bonds. The third kappa shape index (κ3) is 2.84. The summed E-state index contributed by atoms with van der Waals surface area (Å²) in [6, 6.07) is 12.6. The number of fused-ring (bicyclic) bond motifs is 1. The summed E-state index contributed by atoms with van der Waals surface area (Å²) in [5.41, 5.74) is 4.79. The van der Waals surface area contributed by atoms with Crippen LogP contribution in [0.15, 0.2) is 40.9 Å². The van der Waals surface area contributed by atoms with Crippen molar-refractivity contribution in [1.82, 2.24) is 0 Å². The van der Waals surface area contributed by atoms with Gasteiger partial charge >= 0.3 is 0 Å². The van der Waals surface area contributed by atoms with Gasteiger partial charge in [0.2, 0.25) is 0 Å². The fourth-order valence-electron chi connectivity index (χ4n) is 2.24. The molecule has 1 atom stereocenters. The molecule has 1 aliphatic heterocycles. The van der Waals surface area contributed by atoms with E-state index in [4.69, 9.17) is 16.3 Å². The molecule has 2 aromatic carbocycles. The van der Waals surface area contributed by atoms with Crippen molar-refractivity contribution < 1.29 is 4.74 Å². The largest absolute Gasteiger partial charge is 0.372 e. The van der Waals surface area contributed by atoms with E-state index in [1.807, 2.05) is 6.07 Å². The lowest BCUT2D eigenvalue weighted by atomic mass is 10.00. The van der Waals surface area contributed by atoms with Crippen molar-refractivity contribution in [1.29, 1.82) is 0 Å². The third-order valence-electron chi connectivity index (χ3n) is 3.27. The van der Waals surface area contributed by atoms with E-state index >= 15 is 0 Å². The van der Waals surface area contributed by atoms with E-state index in [2.05, 4.69) is 68.9 Å². The summed E-state index contributed by atoms with van der Waals surface area (Å²) in [4.78, 5) is 0. The van der Waals surface area contributed by atoms with Gasteiger partial charge in [-0.1, -0.05) is 34.1 Å².